The first kappa shape index (κ1) is 10.3. The number of hydrogen-bond acceptors (Lipinski definition) is 1. The molecule has 3 atom stereocenters. The van der Waals surface area contributed by atoms with Crippen LogP contribution >= 0.6 is 15.9 Å². The number of carboxylic acid groups (broad SMARTS) is 1. The summed E-state index contributed by atoms with van der Waals surface area (Å²) in [6.07, 6.45) is 3.18. The molecule has 1 aromatic rings. The minimum Gasteiger partial charge on any atom is -0.481 e. The standard InChI is InChI=1S/C13H13BrO2/c14-10-3-1-9(2-4-10)13-6-5-8(7-13)11(13)12(15)16/h1-4,8,11H,5-7H2,(H,15,16). The summed E-state index contributed by atoms with van der Waals surface area (Å²) in [6, 6.07) is 8.16. The number of carbonyl (C=O) groups is 1. The lowest BCUT2D eigenvalue weighted by atomic mass is 9.57. The SMILES string of the molecule is O=C(O)C1C2CCC1(c1ccc(Br)cc1)C2. The van der Waals surface area contributed by atoms with Crippen LogP contribution in [0.2, 0.25) is 0 Å². The van der Waals surface area contributed by atoms with Gasteiger partial charge in [0.25, 0.3) is 0 Å². The molecule has 1 N–H and O–H groups in total. The van der Waals surface area contributed by atoms with Crippen LogP contribution in [0.5, 0.6) is 0 Å². The van der Waals surface area contributed by atoms with Gasteiger partial charge in [0.05, 0.1) is 5.92 Å². The van der Waals surface area contributed by atoms with Gasteiger partial charge in [-0.15, -0.1) is 0 Å². The van der Waals surface area contributed by atoms with Crippen LogP contribution in [0.15, 0.2) is 28.7 Å². The maximum Gasteiger partial charge on any atom is 0.307 e. The monoisotopic (exact) mass is 280 g/mol. The zero-order valence-electron chi connectivity index (χ0n) is 8.82. The fourth-order valence-corrected chi connectivity index (χ4v) is 3.90. The van der Waals surface area contributed by atoms with Crippen molar-refractivity contribution in [2.75, 3.05) is 0 Å². The zero-order chi connectivity index (χ0) is 11.3. The first-order chi connectivity index (χ1) is 7.63. The number of fused-ring (bicyclic) bond motifs is 1. The van der Waals surface area contributed by atoms with E-state index in [0.717, 1.165) is 23.7 Å². The molecule has 4 rings (SSSR count). The van der Waals surface area contributed by atoms with Gasteiger partial charge in [-0.2, -0.15) is 0 Å². The predicted molar refractivity (Wildman–Crippen MR) is 64.3 cm³/mol. The second kappa shape index (κ2) is 3.33. The van der Waals surface area contributed by atoms with Crippen molar-refractivity contribution in [2.24, 2.45) is 11.8 Å². The largest absolute Gasteiger partial charge is 0.481 e. The normalized spacial score (nSPS) is 35.8. The van der Waals surface area contributed by atoms with E-state index in [2.05, 4.69) is 28.1 Å². The minimum absolute atomic E-state index is 0.0583. The van der Waals surface area contributed by atoms with Crippen LogP contribution in [0, 0.1) is 11.8 Å². The topological polar surface area (TPSA) is 37.3 Å². The van der Waals surface area contributed by atoms with E-state index in [1.807, 2.05) is 12.1 Å². The first-order valence-electron chi connectivity index (χ1n) is 5.62. The molecule has 3 unspecified atom stereocenters. The van der Waals surface area contributed by atoms with E-state index in [9.17, 15) is 9.90 Å². The lowest BCUT2D eigenvalue weighted by Crippen LogP contribution is -2.48. The molecule has 3 saturated carbocycles. The van der Waals surface area contributed by atoms with Gasteiger partial charge in [0.2, 0.25) is 0 Å². The summed E-state index contributed by atoms with van der Waals surface area (Å²) in [7, 11) is 0. The Balaban J connectivity index is 2.00. The maximum atomic E-state index is 11.3. The van der Waals surface area contributed by atoms with Crippen molar-refractivity contribution in [3.8, 4) is 0 Å². The molecule has 0 spiro atoms. The van der Waals surface area contributed by atoms with Crippen LogP contribution in [0.25, 0.3) is 0 Å². The maximum absolute atomic E-state index is 11.3. The molecule has 3 heteroatoms. The molecule has 84 valence electrons. The minimum atomic E-state index is -0.614. The Morgan fingerprint density at radius 3 is 2.62 bits per heavy atom. The summed E-state index contributed by atoms with van der Waals surface area (Å²) in [6.45, 7) is 0. The molecule has 0 saturated heterocycles. The summed E-state index contributed by atoms with van der Waals surface area (Å²) in [5.41, 5.74) is 1.15. The van der Waals surface area contributed by atoms with Gasteiger partial charge in [0, 0.05) is 9.89 Å². The molecule has 3 aliphatic carbocycles. The van der Waals surface area contributed by atoms with Gasteiger partial charge < -0.3 is 5.11 Å². The van der Waals surface area contributed by atoms with Crippen LogP contribution in [-0.4, -0.2) is 11.1 Å². The van der Waals surface area contributed by atoms with Crippen molar-refractivity contribution in [3.63, 3.8) is 0 Å². The number of hydrogen-bond donors (Lipinski definition) is 1. The van der Waals surface area contributed by atoms with Crippen LogP contribution in [0.1, 0.15) is 24.8 Å². The lowest BCUT2D eigenvalue weighted by Gasteiger charge is -2.45. The van der Waals surface area contributed by atoms with Gasteiger partial charge in [-0.1, -0.05) is 28.1 Å². The average Bonchev–Trinajstić information content (AvgIpc) is 2.76. The molecule has 3 aliphatic rings. The second-order valence-corrected chi connectivity index (χ2v) is 5.90. The zero-order valence-corrected chi connectivity index (χ0v) is 10.4. The Bertz CT molecular complexity index is 436. The molecule has 1 aromatic carbocycles. The van der Waals surface area contributed by atoms with E-state index in [1.165, 1.54) is 5.56 Å². The van der Waals surface area contributed by atoms with Crippen LogP contribution in [0.4, 0.5) is 0 Å². The van der Waals surface area contributed by atoms with E-state index in [0.29, 0.717) is 5.92 Å². The highest BCUT2D eigenvalue weighted by atomic mass is 79.9. The molecule has 2 bridgehead atoms. The highest BCUT2D eigenvalue weighted by molar-refractivity contribution is 9.10. The van der Waals surface area contributed by atoms with E-state index in [1.54, 1.807) is 0 Å². The molecular weight excluding hydrogens is 268 g/mol. The highest BCUT2D eigenvalue weighted by Gasteiger charge is 2.62. The third kappa shape index (κ3) is 1.21. The summed E-state index contributed by atoms with van der Waals surface area (Å²) >= 11 is 3.41. The summed E-state index contributed by atoms with van der Waals surface area (Å²) < 4.78 is 1.05. The molecule has 0 radical (unpaired) electrons. The van der Waals surface area contributed by atoms with Gasteiger partial charge in [-0.05, 0) is 42.9 Å². The molecule has 0 heterocycles. The highest BCUT2D eigenvalue weighted by Crippen LogP contribution is 2.63. The van der Waals surface area contributed by atoms with E-state index < -0.39 is 5.97 Å². The predicted octanol–water partition coefficient (Wildman–Crippen LogP) is 3.20. The van der Waals surface area contributed by atoms with E-state index in [4.69, 9.17) is 0 Å². The molecule has 2 nitrogen and oxygen atoms in total. The fourth-order valence-electron chi connectivity index (χ4n) is 3.63. The summed E-state index contributed by atoms with van der Waals surface area (Å²) in [4.78, 5) is 11.3. The smallest absolute Gasteiger partial charge is 0.307 e. The van der Waals surface area contributed by atoms with Crippen molar-refractivity contribution in [1.29, 1.82) is 0 Å². The van der Waals surface area contributed by atoms with Gasteiger partial charge in [-0.25, -0.2) is 0 Å². The number of aliphatic carboxylic acids is 1. The van der Waals surface area contributed by atoms with Crippen molar-refractivity contribution in [3.05, 3.63) is 34.3 Å². The Labute approximate surface area is 103 Å². The Hall–Kier alpha value is -0.830. The van der Waals surface area contributed by atoms with Crippen molar-refractivity contribution in [2.45, 2.75) is 24.7 Å². The second-order valence-electron chi connectivity index (χ2n) is 4.98. The molecular formula is C13H13BrO2. The Morgan fingerprint density at radius 1 is 1.38 bits per heavy atom. The molecule has 3 fully saturated rings. The molecule has 0 amide bonds. The van der Waals surface area contributed by atoms with Crippen molar-refractivity contribution in [1.82, 2.24) is 0 Å². The number of rotatable bonds is 2. The summed E-state index contributed by atoms with van der Waals surface area (Å²) in [5, 5.41) is 9.29. The van der Waals surface area contributed by atoms with Gasteiger partial charge in [0.1, 0.15) is 0 Å². The fraction of sp³-hybridized carbons (Fsp3) is 0.462. The number of carboxylic acids is 1. The van der Waals surface area contributed by atoms with E-state index >= 15 is 0 Å². The Kier molecular flexibility index (Phi) is 2.15. The molecule has 16 heavy (non-hydrogen) atoms. The lowest BCUT2D eigenvalue weighted by molar-refractivity contribution is -0.150. The Morgan fingerprint density at radius 2 is 2.06 bits per heavy atom. The van der Waals surface area contributed by atoms with Gasteiger partial charge in [-0.3, -0.25) is 4.79 Å². The third-order valence-corrected chi connectivity index (χ3v) is 4.87. The van der Waals surface area contributed by atoms with Crippen LogP contribution in [-0.2, 0) is 10.2 Å². The third-order valence-electron chi connectivity index (χ3n) is 4.34. The number of benzene rings is 1. The van der Waals surface area contributed by atoms with Crippen molar-refractivity contribution < 1.29 is 9.90 Å². The quantitative estimate of drug-likeness (QED) is 0.903. The average molecular weight is 281 g/mol. The van der Waals surface area contributed by atoms with Gasteiger partial charge in [0.15, 0.2) is 0 Å². The number of halogens is 1. The van der Waals surface area contributed by atoms with Gasteiger partial charge >= 0.3 is 5.97 Å². The molecule has 0 aliphatic heterocycles. The molecule has 0 aromatic heterocycles. The van der Waals surface area contributed by atoms with Crippen molar-refractivity contribution >= 4 is 21.9 Å². The van der Waals surface area contributed by atoms with Crippen LogP contribution in [0.3, 0.4) is 0 Å². The van der Waals surface area contributed by atoms with E-state index in [-0.39, 0.29) is 11.3 Å². The summed E-state index contributed by atoms with van der Waals surface area (Å²) in [5.74, 6) is -0.341. The van der Waals surface area contributed by atoms with Crippen LogP contribution < -0.4 is 0 Å². The first-order valence-corrected chi connectivity index (χ1v) is 6.42.